The Labute approximate surface area is 83.3 Å². The zero-order valence-electron chi connectivity index (χ0n) is 6.15. The summed E-state index contributed by atoms with van der Waals surface area (Å²) in [6.07, 6.45) is -0.446. The van der Waals surface area contributed by atoms with Crippen LogP contribution in [0.5, 0.6) is 0 Å². The molecule has 1 radical (unpaired) electrons. The van der Waals surface area contributed by atoms with Crippen molar-refractivity contribution in [2.75, 3.05) is 0 Å². The first-order valence-electron chi connectivity index (χ1n) is 2.82. The monoisotopic (exact) mass is 237 g/mol. The molecule has 0 aliphatic carbocycles. The zero-order valence-corrected chi connectivity index (χ0v) is 7.09. The summed E-state index contributed by atoms with van der Waals surface area (Å²) < 4.78 is 0. The topological polar surface area (TPSA) is 112 Å². The van der Waals surface area contributed by atoms with Crippen LogP contribution in [0.15, 0.2) is 11.6 Å². The van der Waals surface area contributed by atoms with E-state index in [1.807, 2.05) is 0 Å². The quantitative estimate of drug-likeness (QED) is 0.451. The van der Waals surface area contributed by atoms with E-state index in [1.165, 1.54) is 0 Å². The van der Waals surface area contributed by atoms with Gasteiger partial charge in [-0.05, 0) is 0 Å². The first-order valence-corrected chi connectivity index (χ1v) is 2.82. The van der Waals surface area contributed by atoms with Crippen LogP contribution in [0.4, 0.5) is 0 Å². The van der Waals surface area contributed by atoms with Crippen molar-refractivity contribution in [2.45, 2.75) is 6.42 Å². The Bertz CT molecular complexity index is 256. The predicted octanol–water partition coefficient (Wildman–Crippen LogP) is -0.446. The van der Waals surface area contributed by atoms with E-state index < -0.39 is 29.9 Å². The molecular weight excluding hydrogens is 232 g/mol. The van der Waals surface area contributed by atoms with Gasteiger partial charge in [-0.3, -0.25) is 4.79 Å². The molecule has 7 heteroatoms. The Morgan fingerprint density at radius 2 is 1.54 bits per heavy atom. The molecule has 0 aromatic heterocycles. The fourth-order valence-corrected chi connectivity index (χ4v) is 0.500. The molecular formula is C6H6CuO6. The molecule has 0 saturated carbocycles. The maximum Gasteiger partial charge on any atom is 0.332 e. The van der Waals surface area contributed by atoms with Crippen molar-refractivity contribution < 1.29 is 46.8 Å². The van der Waals surface area contributed by atoms with E-state index >= 15 is 0 Å². The molecule has 0 heterocycles. The Hall–Kier alpha value is -1.33. The van der Waals surface area contributed by atoms with Gasteiger partial charge in [-0.25, -0.2) is 9.59 Å². The summed E-state index contributed by atoms with van der Waals surface area (Å²) >= 11 is 0. The second kappa shape index (κ2) is 6.21. The fourth-order valence-electron chi connectivity index (χ4n) is 0.500. The zero-order chi connectivity index (χ0) is 9.72. The van der Waals surface area contributed by atoms with Gasteiger partial charge in [0.1, 0.15) is 0 Å². The van der Waals surface area contributed by atoms with Crippen molar-refractivity contribution in [1.29, 1.82) is 0 Å². The van der Waals surface area contributed by atoms with Crippen molar-refractivity contribution in [3.8, 4) is 0 Å². The molecule has 0 saturated heterocycles. The third-order valence-electron chi connectivity index (χ3n) is 0.914. The second-order valence-corrected chi connectivity index (χ2v) is 1.88. The Balaban J connectivity index is 0. The van der Waals surface area contributed by atoms with Gasteiger partial charge in [-0.15, -0.1) is 0 Å². The molecule has 0 bridgehead atoms. The summed E-state index contributed by atoms with van der Waals surface area (Å²) in [6.45, 7) is 0. The van der Waals surface area contributed by atoms with Crippen LogP contribution < -0.4 is 0 Å². The molecule has 0 spiro atoms. The summed E-state index contributed by atoms with van der Waals surface area (Å²) in [5, 5.41) is 24.5. The Kier molecular flexibility index (Phi) is 6.79. The molecule has 0 aliphatic rings. The maximum absolute atomic E-state index is 10.2. The van der Waals surface area contributed by atoms with E-state index in [-0.39, 0.29) is 17.1 Å². The summed E-state index contributed by atoms with van der Waals surface area (Å²) in [7, 11) is 0. The predicted molar refractivity (Wildman–Crippen MR) is 35.6 cm³/mol. The SMILES string of the molecule is O=C(O)C=C(CC(=O)O)C(=O)O.[Cu]. The minimum absolute atomic E-state index is 0. The standard InChI is InChI=1S/C6H6O6.Cu/c7-4(8)1-3(6(11)12)2-5(9)10;/h1H,2H2,(H,7,8)(H,9,10)(H,11,12);. The summed E-state index contributed by atoms with van der Waals surface area (Å²) in [5.74, 6) is -4.40. The van der Waals surface area contributed by atoms with E-state index in [0.717, 1.165) is 0 Å². The van der Waals surface area contributed by atoms with Crippen molar-refractivity contribution in [2.24, 2.45) is 0 Å². The number of carbonyl (C=O) groups is 3. The molecule has 0 unspecified atom stereocenters. The van der Waals surface area contributed by atoms with E-state index in [0.29, 0.717) is 6.08 Å². The Morgan fingerprint density at radius 3 is 1.77 bits per heavy atom. The van der Waals surface area contributed by atoms with Crippen LogP contribution in [-0.4, -0.2) is 33.2 Å². The van der Waals surface area contributed by atoms with Gasteiger partial charge in [-0.2, -0.15) is 0 Å². The van der Waals surface area contributed by atoms with Crippen LogP contribution in [0, 0.1) is 0 Å². The third kappa shape index (κ3) is 7.04. The van der Waals surface area contributed by atoms with Crippen LogP contribution in [-0.2, 0) is 31.5 Å². The van der Waals surface area contributed by atoms with E-state index in [9.17, 15) is 14.4 Å². The summed E-state index contributed by atoms with van der Waals surface area (Å²) in [5.41, 5.74) is -0.657. The van der Waals surface area contributed by atoms with Crippen LogP contribution in [0.2, 0.25) is 0 Å². The van der Waals surface area contributed by atoms with Gasteiger partial charge < -0.3 is 15.3 Å². The first-order chi connectivity index (χ1) is 5.43. The van der Waals surface area contributed by atoms with Crippen molar-refractivity contribution in [1.82, 2.24) is 0 Å². The molecule has 0 atom stereocenters. The number of hydrogen-bond donors (Lipinski definition) is 3. The van der Waals surface area contributed by atoms with Gasteiger partial charge in [0.15, 0.2) is 0 Å². The van der Waals surface area contributed by atoms with Gasteiger partial charge >= 0.3 is 17.9 Å². The third-order valence-corrected chi connectivity index (χ3v) is 0.914. The normalized spacial score (nSPS) is 10.0. The maximum atomic E-state index is 10.2. The van der Waals surface area contributed by atoms with Crippen molar-refractivity contribution in [3.05, 3.63) is 11.6 Å². The molecule has 0 aromatic carbocycles. The van der Waals surface area contributed by atoms with E-state index in [4.69, 9.17) is 15.3 Å². The summed E-state index contributed by atoms with van der Waals surface area (Å²) in [4.78, 5) is 30.1. The van der Waals surface area contributed by atoms with E-state index in [2.05, 4.69) is 0 Å². The number of hydrogen-bond acceptors (Lipinski definition) is 3. The molecule has 6 nitrogen and oxygen atoms in total. The van der Waals surface area contributed by atoms with Gasteiger partial charge in [-0.1, -0.05) is 0 Å². The van der Waals surface area contributed by atoms with Crippen molar-refractivity contribution in [3.63, 3.8) is 0 Å². The molecule has 0 aliphatic heterocycles. The minimum Gasteiger partial charge on any atom is -0.481 e. The van der Waals surface area contributed by atoms with Gasteiger partial charge in [0.2, 0.25) is 0 Å². The average Bonchev–Trinajstić information content (AvgIpc) is 1.83. The van der Waals surface area contributed by atoms with Crippen LogP contribution in [0.3, 0.4) is 0 Å². The molecule has 13 heavy (non-hydrogen) atoms. The molecule has 0 aromatic rings. The van der Waals surface area contributed by atoms with Crippen LogP contribution >= 0.6 is 0 Å². The molecule has 0 amide bonds. The van der Waals surface area contributed by atoms with Crippen LogP contribution in [0.1, 0.15) is 6.42 Å². The molecule has 0 rings (SSSR count). The van der Waals surface area contributed by atoms with Crippen LogP contribution in [0.25, 0.3) is 0 Å². The molecule has 3 N–H and O–H groups in total. The van der Waals surface area contributed by atoms with Crippen molar-refractivity contribution >= 4 is 17.9 Å². The summed E-state index contributed by atoms with van der Waals surface area (Å²) in [6, 6.07) is 0. The van der Waals surface area contributed by atoms with Gasteiger partial charge in [0.25, 0.3) is 0 Å². The number of carboxylic acid groups (broad SMARTS) is 3. The van der Waals surface area contributed by atoms with E-state index in [1.54, 1.807) is 0 Å². The minimum atomic E-state index is -1.54. The Morgan fingerprint density at radius 1 is 1.08 bits per heavy atom. The number of rotatable bonds is 4. The molecule has 77 valence electrons. The number of aliphatic carboxylic acids is 3. The fraction of sp³-hybridized carbons (Fsp3) is 0.167. The second-order valence-electron chi connectivity index (χ2n) is 1.88. The average molecular weight is 238 g/mol. The van der Waals surface area contributed by atoms with Gasteiger partial charge in [0.05, 0.1) is 12.0 Å². The first kappa shape index (κ1) is 14.2. The largest absolute Gasteiger partial charge is 0.481 e. The molecule has 0 fully saturated rings. The smallest absolute Gasteiger partial charge is 0.332 e. The number of carboxylic acids is 3. The van der Waals surface area contributed by atoms with Gasteiger partial charge in [0, 0.05) is 23.1 Å².